The topological polar surface area (TPSA) is 51.1 Å². The molecule has 2 aromatic carbocycles. The number of carbonyl (C=O) groups is 2. The summed E-state index contributed by atoms with van der Waals surface area (Å²) >= 11 is 6.04. The van der Waals surface area contributed by atoms with Gasteiger partial charge < -0.3 is 9.88 Å². The van der Waals surface area contributed by atoms with Gasteiger partial charge in [0, 0.05) is 23.5 Å². The molecule has 1 amide bonds. The third-order valence-electron chi connectivity index (χ3n) is 4.05. The maximum atomic E-state index is 13.0. The zero-order valence-corrected chi connectivity index (χ0v) is 14.8. The van der Waals surface area contributed by atoms with E-state index in [1.807, 2.05) is 0 Å². The minimum atomic E-state index is -0.741. The molecular weight excluding hydrogens is 355 g/mol. The fourth-order valence-corrected chi connectivity index (χ4v) is 2.76. The molecular formula is C20H16ClFN2O2. The highest BCUT2D eigenvalue weighted by molar-refractivity contribution is 6.46. The third-order valence-corrected chi connectivity index (χ3v) is 4.46. The van der Waals surface area contributed by atoms with Crippen molar-refractivity contribution in [1.29, 1.82) is 0 Å². The lowest BCUT2D eigenvalue weighted by Crippen LogP contribution is -2.25. The number of rotatable bonds is 5. The Balaban J connectivity index is 1.78. The lowest BCUT2D eigenvalue weighted by Gasteiger charge is -2.11. The summed E-state index contributed by atoms with van der Waals surface area (Å²) in [6, 6.07) is 14.4. The zero-order chi connectivity index (χ0) is 18.7. The number of halogens is 2. The van der Waals surface area contributed by atoms with Crippen molar-refractivity contribution in [2.75, 3.05) is 5.32 Å². The van der Waals surface area contributed by atoms with E-state index in [1.54, 1.807) is 60.2 Å². The molecule has 26 heavy (non-hydrogen) atoms. The van der Waals surface area contributed by atoms with Gasteiger partial charge in [0.2, 0.25) is 0 Å². The second-order valence-corrected chi connectivity index (χ2v) is 6.25. The van der Waals surface area contributed by atoms with Crippen molar-refractivity contribution in [3.63, 3.8) is 0 Å². The first-order valence-electron chi connectivity index (χ1n) is 7.96. The highest BCUT2D eigenvalue weighted by Gasteiger charge is 2.20. The Bertz CT molecular complexity index is 964. The molecule has 4 nitrogen and oxygen atoms in total. The van der Waals surface area contributed by atoms with Crippen LogP contribution in [0.25, 0.3) is 0 Å². The molecule has 0 saturated carbocycles. The molecule has 1 aromatic heterocycles. The Kier molecular flexibility index (Phi) is 5.19. The largest absolute Gasteiger partial charge is 0.340 e. The van der Waals surface area contributed by atoms with Crippen molar-refractivity contribution in [3.05, 3.63) is 88.5 Å². The first kappa shape index (κ1) is 17.9. The van der Waals surface area contributed by atoms with E-state index in [0.29, 0.717) is 22.8 Å². The molecule has 0 aliphatic rings. The quantitative estimate of drug-likeness (QED) is 0.532. The van der Waals surface area contributed by atoms with Gasteiger partial charge >= 0.3 is 0 Å². The SMILES string of the molecule is Cc1c(Cl)cccc1NC(=O)C(=O)c1cccn1Cc1ccc(F)cc1. The lowest BCUT2D eigenvalue weighted by atomic mass is 10.2. The van der Waals surface area contributed by atoms with Crippen LogP contribution in [0.5, 0.6) is 0 Å². The Morgan fingerprint density at radius 3 is 2.54 bits per heavy atom. The predicted octanol–water partition coefficient (Wildman–Crippen LogP) is 4.46. The van der Waals surface area contributed by atoms with Gasteiger partial charge in [0.1, 0.15) is 5.82 Å². The average Bonchev–Trinajstić information content (AvgIpc) is 3.08. The fourth-order valence-electron chi connectivity index (χ4n) is 2.58. The first-order valence-corrected chi connectivity index (χ1v) is 8.34. The van der Waals surface area contributed by atoms with Crippen LogP contribution in [0.4, 0.5) is 10.1 Å². The summed E-state index contributed by atoms with van der Waals surface area (Å²) in [5.41, 5.74) is 2.26. The van der Waals surface area contributed by atoms with Crippen molar-refractivity contribution < 1.29 is 14.0 Å². The van der Waals surface area contributed by atoms with E-state index in [9.17, 15) is 14.0 Å². The van der Waals surface area contributed by atoms with Crippen molar-refractivity contribution in [3.8, 4) is 0 Å². The summed E-state index contributed by atoms with van der Waals surface area (Å²) in [5, 5.41) is 3.11. The van der Waals surface area contributed by atoms with Crippen molar-refractivity contribution in [2.24, 2.45) is 0 Å². The van der Waals surface area contributed by atoms with E-state index >= 15 is 0 Å². The molecule has 3 aromatic rings. The molecule has 1 heterocycles. The highest BCUT2D eigenvalue weighted by Crippen LogP contribution is 2.23. The summed E-state index contributed by atoms with van der Waals surface area (Å²) < 4.78 is 14.7. The number of ketones is 1. The number of benzene rings is 2. The molecule has 0 fully saturated rings. The van der Waals surface area contributed by atoms with E-state index < -0.39 is 11.7 Å². The van der Waals surface area contributed by atoms with E-state index in [4.69, 9.17) is 11.6 Å². The molecule has 0 atom stereocenters. The molecule has 0 aliphatic carbocycles. The molecule has 0 saturated heterocycles. The van der Waals surface area contributed by atoms with Crippen LogP contribution in [0.3, 0.4) is 0 Å². The Hall–Kier alpha value is -2.92. The van der Waals surface area contributed by atoms with Crippen LogP contribution in [0.2, 0.25) is 5.02 Å². The molecule has 0 bridgehead atoms. The number of Topliss-reactive ketones (excluding diaryl/α,β-unsaturated/α-hetero) is 1. The second-order valence-electron chi connectivity index (χ2n) is 5.84. The smallest absolute Gasteiger partial charge is 0.298 e. The number of aromatic nitrogens is 1. The van der Waals surface area contributed by atoms with Crippen molar-refractivity contribution >= 4 is 29.0 Å². The predicted molar refractivity (Wildman–Crippen MR) is 99.1 cm³/mol. The van der Waals surface area contributed by atoms with E-state index in [2.05, 4.69) is 5.32 Å². The molecule has 0 radical (unpaired) electrons. The highest BCUT2D eigenvalue weighted by atomic mass is 35.5. The van der Waals surface area contributed by atoms with Crippen LogP contribution in [-0.4, -0.2) is 16.3 Å². The van der Waals surface area contributed by atoms with Gasteiger partial charge in [-0.1, -0.05) is 29.8 Å². The van der Waals surface area contributed by atoms with E-state index in [1.165, 1.54) is 12.1 Å². The monoisotopic (exact) mass is 370 g/mol. The number of nitrogens with zero attached hydrogens (tertiary/aromatic N) is 1. The summed E-state index contributed by atoms with van der Waals surface area (Å²) in [6.07, 6.45) is 1.70. The van der Waals surface area contributed by atoms with Crippen molar-refractivity contribution in [1.82, 2.24) is 4.57 Å². The molecule has 1 N–H and O–H groups in total. The van der Waals surface area contributed by atoms with Gasteiger partial charge in [-0.15, -0.1) is 0 Å². The molecule has 0 aliphatic heterocycles. The Morgan fingerprint density at radius 1 is 1.08 bits per heavy atom. The lowest BCUT2D eigenvalue weighted by molar-refractivity contribution is -0.112. The van der Waals surface area contributed by atoms with Crippen LogP contribution < -0.4 is 5.32 Å². The summed E-state index contributed by atoms with van der Waals surface area (Å²) in [4.78, 5) is 24.9. The molecule has 6 heteroatoms. The number of nitrogens with one attached hydrogen (secondary N) is 1. The van der Waals surface area contributed by atoms with Crippen LogP contribution >= 0.6 is 11.6 Å². The summed E-state index contributed by atoms with van der Waals surface area (Å²) in [5.74, 6) is -1.72. The van der Waals surface area contributed by atoms with Gasteiger partial charge in [-0.3, -0.25) is 9.59 Å². The van der Waals surface area contributed by atoms with Crippen molar-refractivity contribution in [2.45, 2.75) is 13.5 Å². The van der Waals surface area contributed by atoms with Gasteiger partial charge in [-0.2, -0.15) is 0 Å². The van der Waals surface area contributed by atoms with Gasteiger partial charge in [0.05, 0.1) is 5.69 Å². The molecule has 132 valence electrons. The number of anilines is 1. The van der Waals surface area contributed by atoms with E-state index in [-0.39, 0.29) is 11.5 Å². The third kappa shape index (κ3) is 3.83. The summed E-state index contributed by atoms with van der Waals surface area (Å²) in [7, 11) is 0. The number of hydrogen-bond acceptors (Lipinski definition) is 2. The number of carbonyl (C=O) groups excluding carboxylic acids is 2. The van der Waals surface area contributed by atoms with Gasteiger partial charge in [0.15, 0.2) is 0 Å². The normalized spacial score (nSPS) is 10.6. The van der Waals surface area contributed by atoms with Gasteiger partial charge in [-0.25, -0.2) is 4.39 Å². The molecule has 3 rings (SSSR count). The summed E-state index contributed by atoms with van der Waals surface area (Å²) in [6.45, 7) is 2.12. The van der Waals surface area contributed by atoms with Gasteiger partial charge in [0.25, 0.3) is 11.7 Å². The average molecular weight is 371 g/mol. The Morgan fingerprint density at radius 2 is 1.81 bits per heavy atom. The van der Waals surface area contributed by atoms with Crippen LogP contribution in [-0.2, 0) is 11.3 Å². The maximum Gasteiger partial charge on any atom is 0.298 e. The maximum absolute atomic E-state index is 13.0. The second kappa shape index (κ2) is 7.54. The van der Waals surface area contributed by atoms with Crippen LogP contribution in [0, 0.1) is 12.7 Å². The standard InChI is InChI=1S/C20H16ClFN2O2/c1-13-16(21)4-2-5-17(13)23-20(26)19(25)18-6-3-11-24(18)12-14-7-9-15(22)10-8-14/h2-11H,12H2,1H3,(H,23,26). The minimum absolute atomic E-state index is 0.256. The number of hydrogen-bond donors (Lipinski definition) is 1. The van der Waals surface area contributed by atoms with Crippen LogP contribution in [0.1, 0.15) is 21.6 Å². The van der Waals surface area contributed by atoms with Crippen LogP contribution in [0.15, 0.2) is 60.8 Å². The molecule has 0 spiro atoms. The zero-order valence-electron chi connectivity index (χ0n) is 14.0. The minimum Gasteiger partial charge on any atom is -0.340 e. The van der Waals surface area contributed by atoms with Gasteiger partial charge in [-0.05, 0) is 54.4 Å². The van der Waals surface area contributed by atoms with E-state index in [0.717, 1.165) is 5.56 Å². The Labute approximate surface area is 155 Å². The number of amides is 1. The molecule has 0 unspecified atom stereocenters. The first-order chi connectivity index (χ1) is 12.5. The fraction of sp³-hybridized carbons (Fsp3) is 0.100.